The molecular weight excluding hydrogens is 302 g/mol. The minimum absolute atomic E-state index is 0.132. The van der Waals surface area contributed by atoms with Gasteiger partial charge in [-0.15, -0.1) is 0 Å². The van der Waals surface area contributed by atoms with Gasteiger partial charge in [0.25, 0.3) is 0 Å². The Morgan fingerprint density at radius 2 is 1.91 bits per heavy atom. The molecule has 122 valence electrons. The summed E-state index contributed by atoms with van der Waals surface area (Å²) >= 11 is 0. The van der Waals surface area contributed by atoms with Crippen LogP contribution in [0.3, 0.4) is 0 Å². The van der Waals surface area contributed by atoms with Crippen LogP contribution in [-0.4, -0.2) is 47.0 Å². The predicted molar refractivity (Wildman–Crippen MR) is 83.2 cm³/mol. The molecule has 1 aromatic heterocycles. The van der Waals surface area contributed by atoms with E-state index in [4.69, 9.17) is 0 Å². The first-order valence-corrected chi connectivity index (χ1v) is 7.72. The van der Waals surface area contributed by atoms with Gasteiger partial charge in [0.05, 0.1) is 5.52 Å². The van der Waals surface area contributed by atoms with Crippen molar-refractivity contribution in [2.45, 2.75) is 19.8 Å². The van der Waals surface area contributed by atoms with Gasteiger partial charge in [0, 0.05) is 44.1 Å². The summed E-state index contributed by atoms with van der Waals surface area (Å²) in [5.41, 5.74) is 0.375. The average molecular weight is 320 g/mol. The Morgan fingerprint density at radius 3 is 2.70 bits per heavy atom. The zero-order valence-corrected chi connectivity index (χ0v) is 12.9. The molecule has 1 aliphatic heterocycles. The minimum Gasteiger partial charge on any atom is -0.354 e. The number of benzene rings is 1. The molecular formula is C16H18F2N4O. The number of halogens is 2. The third-order valence-electron chi connectivity index (χ3n) is 4.11. The van der Waals surface area contributed by atoms with Crippen LogP contribution in [0.5, 0.6) is 0 Å². The fourth-order valence-corrected chi connectivity index (χ4v) is 2.89. The van der Waals surface area contributed by atoms with Crippen molar-refractivity contribution >= 4 is 22.6 Å². The van der Waals surface area contributed by atoms with E-state index >= 15 is 0 Å². The van der Waals surface area contributed by atoms with Crippen molar-refractivity contribution in [1.82, 2.24) is 14.9 Å². The molecule has 0 unspecified atom stereocenters. The standard InChI is InChI=1S/C16H18F2N4O/c1-2-15(23)21-4-3-5-22(7-6-21)16-11-8-12(17)13(18)9-14(11)19-10-20-16/h8-10H,2-7H2,1H3. The summed E-state index contributed by atoms with van der Waals surface area (Å²) in [5.74, 6) is -1.11. The molecule has 0 N–H and O–H groups in total. The van der Waals surface area contributed by atoms with E-state index in [-0.39, 0.29) is 5.91 Å². The van der Waals surface area contributed by atoms with Gasteiger partial charge in [-0.25, -0.2) is 18.7 Å². The number of hydrogen-bond donors (Lipinski definition) is 0. The summed E-state index contributed by atoms with van der Waals surface area (Å²) in [7, 11) is 0. The Morgan fingerprint density at radius 1 is 1.13 bits per heavy atom. The predicted octanol–water partition coefficient (Wildman–Crippen LogP) is 2.36. The molecule has 23 heavy (non-hydrogen) atoms. The molecule has 0 atom stereocenters. The Hall–Kier alpha value is -2.31. The molecule has 1 saturated heterocycles. The number of amides is 1. The minimum atomic E-state index is -0.919. The fourth-order valence-electron chi connectivity index (χ4n) is 2.89. The van der Waals surface area contributed by atoms with E-state index in [9.17, 15) is 13.6 Å². The van der Waals surface area contributed by atoms with Crippen molar-refractivity contribution in [3.63, 3.8) is 0 Å². The van der Waals surface area contributed by atoms with Crippen LogP contribution < -0.4 is 4.90 Å². The maximum atomic E-state index is 13.6. The number of anilines is 1. The third kappa shape index (κ3) is 3.09. The van der Waals surface area contributed by atoms with Crippen LogP contribution in [0.25, 0.3) is 10.9 Å². The largest absolute Gasteiger partial charge is 0.354 e. The summed E-state index contributed by atoms with van der Waals surface area (Å²) in [6.07, 6.45) is 2.65. The summed E-state index contributed by atoms with van der Waals surface area (Å²) < 4.78 is 27.0. The Kier molecular flexibility index (Phi) is 4.36. The van der Waals surface area contributed by atoms with Gasteiger partial charge < -0.3 is 9.80 Å². The van der Waals surface area contributed by atoms with Crippen molar-refractivity contribution in [2.24, 2.45) is 0 Å². The second-order valence-electron chi connectivity index (χ2n) is 5.56. The molecule has 0 saturated carbocycles. The Balaban J connectivity index is 1.91. The summed E-state index contributed by atoms with van der Waals surface area (Å²) in [5, 5.41) is 0.488. The van der Waals surface area contributed by atoms with E-state index in [1.165, 1.54) is 6.33 Å². The lowest BCUT2D eigenvalue weighted by atomic mass is 10.2. The smallest absolute Gasteiger partial charge is 0.222 e. The lowest BCUT2D eigenvalue weighted by Crippen LogP contribution is -2.35. The van der Waals surface area contributed by atoms with Crippen LogP contribution in [0.4, 0.5) is 14.6 Å². The van der Waals surface area contributed by atoms with Crippen molar-refractivity contribution in [1.29, 1.82) is 0 Å². The first kappa shape index (κ1) is 15.6. The first-order valence-electron chi connectivity index (χ1n) is 7.72. The number of fused-ring (bicyclic) bond motifs is 1. The number of nitrogens with zero attached hydrogens (tertiary/aromatic N) is 4. The summed E-state index contributed by atoms with van der Waals surface area (Å²) in [6, 6.07) is 2.22. The maximum absolute atomic E-state index is 13.6. The molecule has 5 nitrogen and oxygen atoms in total. The van der Waals surface area contributed by atoms with Gasteiger partial charge in [0.2, 0.25) is 5.91 Å². The second kappa shape index (κ2) is 6.44. The monoisotopic (exact) mass is 320 g/mol. The highest BCUT2D eigenvalue weighted by Gasteiger charge is 2.21. The zero-order valence-electron chi connectivity index (χ0n) is 12.9. The molecule has 0 bridgehead atoms. The molecule has 0 spiro atoms. The molecule has 0 radical (unpaired) electrons. The summed E-state index contributed by atoms with van der Waals surface area (Å²) in [6.45, 7) is 4.47. The zero-order chi connectivity index (χ0) is 16.4. The molecule has 0 aliphatic carbocycles. The molecule has 1 aromatic carbocycles. The van der Waals surface area contributed by atoms with Crippen molar-refractivity contribution in [3.8, 4) is 0 Å². The molecule has 1 aliphatic rings. The first-order chi connectivity index (χ1) is 11.1. The lowest BCUT2D eigenvalue weighted by Gasteiger charge is -2.23. The van der Waals surface area contributed by atoms with Crippen molar-refractivity contribution in [2.75, 3.05) is 31.1 Å². The topological polar surface area (TPSA) is 49.3 Å². The molecule has 2 heterocycles. The van der Waals surface area contributed by atoms with Gasteiger partial charge in [-0.3, -0.25) is 4.79 Å². The van der Waals surface area contributed by atoms with Crippen molar-refractivity contribution < 1.29 is 13.6 Å². The Labute approximate surface area is 132 Å². The van der Waals surface area contributed by atoms with Gasteiger partial charge in [-0.2, -0.15) is 0 Å². The van der Waals surface area contributed by atoms with E-state index in [0.717, 1.165) is 18.6 Å². The maximum Gasteiger partial charge on any atom is 0.222 e. The number of carbonyl (C=O) groups is 1. The number of aromatic nitrogens is 2. The number of carbonyl (C=O) groups excluding carboxylic acids is 1. The summed E-state index contributed by atoms with van der Waals surface area (Å²) in [4.78, 5) is 24.0. The second-order valence-corrected chi connectivity index (χ2v) is 5.56. The highest BCUT2D eigenvalue weighted by molar-refractivity contribution is 5.89. The van der Waals surface area contributed by atoms with Crippen LogP contribution in [0, 0.1) is 11.6 Å². The van der Waals surface area contributed by atoms with E-state index < -0.39 is 11.6 Å². The van der Waals surface area contributed by atoms with Gasteiger partial charge >= 0.3 is 0 Å². The molecule has 2 aromatic rings. The lowest BCUT2D eigenvalue weighted by molar-refractivity contribution is -0.130. The van der Waals surface area contributed by atoms with Crippen molar-refractivity contribution in [3.05, 3.63) is 30.1 Å². The van der Waals surface area contributed by atoms with E-state index in [0.29, 0.717) is 49.3 Å². The normalized spacial score (nSPS) is 15.8. The van der Waals surface area contributed by atoms with Crippen LogP contribution >= 0.6 is 0 Å². The van der Waals surface area contributed by atoms with Gasteiger partial charge in [0.1, 0.15) is 12.1 Å². The quantitative estimate of drug-likeness (QED) is 0.852. The van der Waals surface area contributed by atoms with Gasteiger partial charge in [-0.1, -0.05) is 6.92 Å². The molecule has 3 rings (SSSR count). The molecule has 7 heteroatoms. The van der Waals surface area contributed by atoms with Crippen LogP contribution in [0.2, 0.25) is 0 Å². The van der Waals surface area contributed by atoms with Crippen LogP contribution in [0.1, 0.15) is 19.8 Å². The number of hydrogen-bond acceptors (Lipinski definition) is 4. The highest BCUT2D eigenvalue weighted by atomic mass is 19.2. The highest BCUT2D eigenvalue weighted by Crippen LogP contribution is 2.26. The number of rotatable bonds is 2. The Bertz CT molecular complexity index is 737. The van der Waals surface area contributed by atoms with Crippen LogP contribution in [-0.2, 0) is 4.79 Å². The van der Waals surface area contributed by atoms with E-state index in [2.05, 4.69) is 9.97 Å². The van der Waals surface area contributed by atoms with E-state index in [1.807, 2.05) is 16.7 Å². The molecule has 1 amide bonds. The van der Waals surface area contributed by atoms with Gasteiger partial charge in [-0.05, 0) is 12.5 Å². The SMILES string of the molecule is CCC(=O)N1CCCN(c2ncnc3cc(F)c(F)cc23)CC1. The van der Waals surface area contributed by atoms with Gasteiger partial charge in [0.15, 0.2) is 11.6 Å². The average Bonchev–Trinajstić information content (AvgIpc) is 2.81. The molecule has 1 fully saturated rings. The third-order valence-corrected chi connectivity index (χ3v) is 4.11. The fraction of sp³-hybridized carbons (Fsp3) is 0.438. The van der Waals surface area contributed by atoms with Crippen LogP contribution in [0.15, 0.2) is 18.5 Å². The van der Waals surface area contributed by atoms with E-state index in [1.54, 1.807) is 0 Å².